The van der Waals surface area contributed by atoms with E-state index in [1.807, 2.05) is 32.1 Å². The molecule has 2 aromatic rings. The van der Waals surface area contributed by atoms with Gasteiger partial charge in [0, 0.05) is 5.56 Å². The summed E-state index contributed by atoms with van der Waals surface area (Å²) in [6.45, 7) is 9.06. The summed E-state index contributed by atoms with van der Waals surface area (Å²) in [5, 5.41) is 0. The lowest BCUT2D eigenvalue weighted by molar-refractivity contribution is 0.284. The van der Waals surface area contributed by atoms with Gasteiger partial charge in [-0.25, -0.2) is 4.79 Å². The third-order valence-electron chi connectivity index (χ3n) is 3.49. The Morgan fingerprint density at radius 2 is 2.32 bits per heavy atom. The molecule has 3 rings (SSSR count). The molecule has 0 saturated heterocycles. The smallest absolute Gasteiger partial charge is 0.326 e. The van der Waals surface area contributed by atoms with E-state index in [2.05, 4.69) is 11.6 Å². The van der Waals surface area contributed by atoms with Gasteiger partial charge >= 0.3 is 5.69 Å². The van der Waals surface area contributed by atoms with E-state index in [0.717, 1.165) is 33.5 Å². The summed E-state index contributed by atoms with van der Waals surface area (Å²) < 4.78 is 7.55. The second-order valence-electron chi connectivity index (χ2n) is 4.75. The average Bonchev–Trinajstić information content (AvgIpc) is 2.72. The summed E-state index contributed by atoms with van der Waals surface area (Å²) in [6.07, 6.45) is 2.02. The van der Waals surface area contributed by atoms with E-state index in [1.165, 1.54) is 0 Å². The first kappa shape index (κ1) is 11.8. The van der Waals surface area contributed by atoms with Crippen LogP contribution in [0.4, 0.5) is 0 Å². The Labute approximate surface area is 111 Å². The molecule has 0 radical (unpaired) electrons. The second kappa shape index (κ2) is 4.16. The number of rotatable bonds is 2. The summed E-state index contributed by atoms with van der Waals surface area (Å²) in [4.78, 5) is 14.7. The van der Waals surface area contributed by atoms with Crippen LogP contribution in [-0.2, 0) is 6.54 Å². The van der Waals surface area contributed by atoms with Crippen molar-refractivity contribution in [1.82, 2.24) is 9.55 Å². The molecule has 4 heteroatoms. The topological polar surface area (TPSA) is 47.0 Å². The van der Waals surface area contributed by atoms with Gasteiger partial charge in [0.15, 0.2) is 5.75 Å². The van der Waals surface area contributed by atoms with Crippen molar-refractivity contribution in [2.24, 2.45) is 0 Å². The van der Waals surface area contributed by atoms with Crippen molar-refractivity contribution in [2.75, 3.05) is 6.61 Å². The highest BCUT2D eigenvalue weighted by Crippen LogP contribution is 2.37. The van der Waals surface area contributed by atoms with Crippen LogP contribution in [0.5, 0.6) is 5.75 Å². The quantitative estimate of drug-likeness (QED) is 0.840. The molecular formula is C15H16N2O2. The highest BCUT2D eigenvalue weighted by atomic mass is 16.5. The first-order valence-electron chi connectivity index (χ1n) is 6.34. The second-order valence-corrected chi connectivity index (χ2v) is 4.75. The van der Waals surface area contributed by atoms with Gasteiger partial charge in [-0.05, 0) is 31.6 Å². The predicted molar refractivity (Wildman–Crippen MR) is 76.5 cm³/mol. The maximum atomic E-state index is 11.9. The van der Waals surface area contributed by atoms with Crippen LogP contribution in [0.25, 0.3) is 16.6 Å². The third kappa shape index (κ3) is 1.63. The van der Waals surface area contributed by atoms with Crippen molar-refractivity contribution < 1.29 is 4.74 Å². The van der Waals surface area contributed by atoms with Gasteiger partial charge < -0.3 is 9.72 Å². The molecule has 4 nitrogen and oxygen atoms in total. The van der Waals surface area contributed by atoms with E-state index in [-0.39, 0.29) is 5.69 Å². The molecule has 0 spiro atoms. The van der Waals surface area contributed by atoms with Crippen molar-refractivity contribution >= 4 is 16.6 Å². The zero-order chi connectivity index (χ0) is 13.6. The molecule has 0 amide bonds. The van der Waals surface area contributed by atoms with Gasteiger partial charge in [-0.3, -0.25) is 4.57 Å². The lowest BCUT2D eigenvalue weighted by atomic mass is 9.98. The van der Waals surface area contributed by atoms with E-state index in [0.29, 0.717) is 13.2 Å². The highest BCUT2D eigenvalue weighted by Gasteiger charge is 2.21. The van der Waals surface area contributed by atoms with Crippen molar-refractivity contribution in [3.63, 3.8) is 0 Å². The standard InChI is InChI=1S/C15H16N2O2/c1-4-10(9(2)3)11-5-6-12-13-14(11)19-8-7-17(13)15(18)16-12/h4-6H,2,7-8H2,1,3H3,(H,16,18)/b10-4-. The fourth-order valence-electron chi connectivity index (χ4n) is 2.67. The van der Waals surface area contributed by atoms with Crippen LogP contribution in [0.2, 0.25) is 0 Å². The van der Waals surface area contributed by atoms with E-state index in [1.54, 1.807) is 4.57 Å². The Bertz CT molecular complexity index is 762. The maximum absolute atomic E-state index is 11.9. The molecule has 0 bridgehead atoms. The van der Waals surface area contributed by atoms with Crippen LogP contribution >= 0.6 is 0 Å². The molecule has 2 heterocycles. The van der Waals surface area contributed by atoms with Crippen LogP contribution in [-0.4, -0.2) is 16.2 Å². The Balaban J connectivity index is 2.38. The summed E-state index contributed by atoms with van der Waals surface area (Å²) >= 11 is 0. The van der Waals surface area contributed by atoms with Crippen LogP contribution in [0.1, 0.15) is 19.4 Å². The number of H-pyrrole nitrogens is 1. The zero-order valence-corrected chi connectivity index (χ0v) is 11.1. The fourth-order valence-corrected chi connectivity index (χ4v) is 2.67. The third-order valence-corrected chi connectivity index (χ3v) is 3.49. The van der Waals surface area contributed by atoms with Gasteiger partial charge in [-0.15, -0.1) is 0 Å². The van der Waals surface area contributed by atoms with Crippen LogP contribution in [0, 0.1) is 0 Å². The fraction of sp³-hybridized carbons (Fsp3) is 0.267. The number of imidazole rings is 1. The molecule has 1 aromatic heterocycles. The first-order valence-corrected chi connectivity index (χ1v) is 6.34. The zero-order valence-electron chi connectivity index (χ0n) is 11.1. The number of hydrogen-bond acceptors (Lipinski definition) is 2. The van der Waals surface area contributed by atoms with Crippen molar-refractivity contribution in [1.29, 1.82) is 0 Å². The lowest BCUT2D eigenvalue weighted by Crippen LogP contribution is -2.24. The van der Waals surface area contributed by atoms with Crippen LogP contribution in [0.15, 0.2) is 35.2 Å². The van der Waals surface area contributed by atoms with Gasteiger partial charge in [0.1, 0.15) is 12.1 Å². The van der Waals surface area contributed by atoms with Gasteiger partial charge in [0.2, 0.25) is 0 Å². The van der Waals surface area contributed by atoms with Crippen molar-refractivity contribution in [3.05, 3.63) is 46.4 Å². The highest BCUT2D eigenvalue weighted by molar-refractivity contribution is 5.92. The van der Waals surface area contributed by atoms with Crippen molar-refractivity contribution in [3.8, 4) is 5.75 Å². The molecule has 98 valence electrons. The summed E-state index contributed by atoms with van der Waals surface area (Å²) in [6, 6.07) is 3.90. The van der Waals surface area contributed by atoms with Crippen LogP contribution in [0.3, 0.4) is 0 Å². The normalized spacial score (nSPS) is 14.5. The molecule has 0 saturated carbocycles. The van der Waals surface area contributed by atoms with E-state index < -0.39 is 0 Å². The number of hydrogen-bond donors (Lipinski definition) is 1. The van der Waals surface area contributed by atoms with Crippen LogP contribution < -0.4 is 10.4 Å². The molecule has 1 N–H and O–H groups in total. The molecule has 19 heavy (non-hydrogen) atoms. The number of ether oxygens (including phenoxy) is 1. The molecule has 1 aromatic carbocycles. The Morgan fingerprint density at radius 3 is 3.00 bits per heavy atom. The largest absolute Gasteiger partial charge is 0.489 e. The minimum atomic E-state index is -0.0750. The summed E-state index contributed by atoms with van der Waals surface area (Å²) in [5.74, 6) is 0.776. The van der Waals surface area contributed by atoms with E-state index in [9.17, 15) is 4.79 Å². The van der Waals surface area contributed by atoms with E-state index >= 15 is 0 Å². The van der Waals surface area contributed by atoms with E-state index in [4.69, 9.17) is 4.74 Å². The van der Waals surface area contributed by atoms with Gasteiger partial charge in [0.05, 0.1) is 12.1 Å². The minimum Gasteiger partial charge on any atom is -0.489 e. The van der Waals surface area contributed by atoms with Crippen molar-refractivity contribution in [2.45, 2.75) is 20.4 Å². The summed E-state index contributed by atoms with van der Waals surface area (Å²) in [7, 11) is 0. The Hall–Kier alpha value is -2.23. The monoisotopic (exact) mass is 256 g/mol. The number of benzene rings is 1. The average molecular weight is 256 g/mol. The number of aromatic nitrogens is 2. The molecule has 1 aliphatic rings. The summed E-state index contributed by atoms with van der Waals surface area (Å²) in [5.41, 5.74) is 4.63. The molecular weight excluding hydrogens is 240 g/mol. The number of nitrogens with zero attached hydrogens (tertiary/aromatic N) is 1. The van der Waals surface area contributed by atoms with Gasteiger partial charge in [-0.2, -0.15) is 0 Å². The Kier molecular flexibility index (Phi) is 2.59. The minimum absolute atomic E-state index is 0.0750. The maximum Gasteiger partial charge on any atom is 0.326 e. The molecule has 0 unspecified atom stereocenters. The Morgan fingerprint density at radius 1 is 1.53 bits per heavy atom. The lowest BCUT2D eigenvalue weighted by Gasteiger charge is -2.20. The number of nitrogens with one attached hydrogen (secondary N) is 1. The molecule has 0 fully saturated rings. The SMILES string of the molecule is C=C(C)/C(=C/C)c1ccc2[nH]c(=O)n3c2c1OCC3. The number of aromatic amines is 1. The van der Waals surface area contributed by atoms with Gasteiger partial charge in [-0.1, -0.05) is 18.2 Å². The molecule has 0 atom stereocenters. The molecule has 1 aliphatic heterocycles. The van der Waals surface area contributed by atoms with Gasteiger partial charge in [0.25, 0.3) is 0 Å². The predicted octanol–water partition coefficient (Wildman–Crippen LogP) is 2.70. The molecule has 0 aliphatic carbocycles. The first-order chi connectivity index (χ1) is 9.13. The number of allylic oxidation sites excluding steroid dienone is 3.